The third-order valence-corrected chi connectivity index (χ3v) is 3.74. The fraction of sp³-hybridized carbons (Fsp3) is 0.133. The molecule has 3 nitrogen and oxygen atoms in total. The highest BCUT2D eigenvalue weighted by atomic mass is 32.1. The van der Waals surface area contributed by atoms with Gasteiger partial charge < -0.3 is 9.73 Å². The van der Waals surface area contributed by atoms with Crippen LogP contribution in [0.3, 0.4) is 0 Å². The van der Waals surface area contributed by atoms with Crippen LogP contribution in [0.5, 0.6) is 0 Å². The largest absolute Gasteiger partial charge is 0.472 e. The molecule has 0 radical (unpaired) electrons. The fourth-order valence-electron chi connectivity index (χ4n) is 1.83. The van der Waals surface area contributed by atoms with Crippen LogP contribution < -0.4 is 5.32 Å². The SMILES string of the molecule is c1ccc(NCCc2csc(-c3ccoc3)n2)cc1. The summed E-state index contributed by atoms with van der Waals surface area (Å²) in [6, 6.07) is 12.1. The number of furan rings is 1. The van der Waals surface area contributed by atoms with Crippen molar-refractivity contribution in [2.45, 2.75) is 6.42 Å². The lowest BCUT2D eigenvalue weighted by Gasteiger charge is -2.03. The number of hydrogen-bond donors (Lipinski definition) is 1. The number of anilines is 1. The summed E-state index contributed by atoms with van der Waals surface area (Å²) in [5.74, 6) is 0. The minimum Gasteiger partial charge on any atom is -0.472 e. The summed E-state index contributed by atoms with van der Waals surface area (Å²) >= 11 is 1.65. The van der Waals surface area contributed by atoms with Crippen LogP contribution in [-0.4, -0.2) is 11.5 Å². The van der Waals surface area contributed by atoms with Crippen molar-refractivity contribution in [3.8, 4) is 10.6 Å². The minimum absolute atomic E-state index is 0.887. The average Bonchev–Trinajstić information content (AvgIpc) is 3.10. The van der Waals surface area contributed by atoms with Gasteiger partial charge in [0.1, 0.15) is 11.3 Å². The molecular formula is C15H14N2OS. The zero-order valence-corrected chi connectivity index (χ0v) is 11.2. The molecule has 0 saturated carbocycles. The maximum atomic E-state index is 5.07. The van der Waals surface area contributed by atoms with Gasteiger partial charge in [0.15, 0.2) is 0 Å². The Bertz CT molecular complexity index is 617. The van der Waals surface area contributed by atoms with Gasteiger partial charge in [-0.25, -0.2) is 4.98 Å². The zero-order chi connectivity index (χ0) is 12.9. The quantitative estimate of drug-likeness (QED) is 0.759. The summed E-state index contributed by atoms with van der Waals surface area (Å²) in [5, 5.41) is 6.51. The monoisotopic (exact) mass is 270 g/mol. The second-order valence-corrected chi connectivity index (χ2v) is 5.06. The third kappa shape index (κ3) is 3.03. The highest BCUT2D eigenvalue weighted by Gasteiger charge is 2.05. The van der Waals surface area contributed by atoms with Gasteiger partial charge in [0, 0.05) is 29.6 Å². The van der Waals surface area contributed by atoms with Crippen molar-refractivity contribution in [2.75, 3.05) is 11.9 Å². The van der Waals surface area contributed by atoms with E-state index in [2.05, 4.69) is 27.8 Å². The number of benzene rings is 1. The lowest BCUT2D eigenvalue weighted by molar-refractivity contribution is 0.568. The minimum atomic E-state index is 0.887. The number of rotatable bonds is 5. The molecule has 2 heterocycles. The molecule has 1 N–H and O–H groups in total. The molecule has 3 aromatic rings. The van der Waals surface area contributed by atoms with Gasteiger partial charge in [-0.05, 0) is 18.2 Å². The highest BCUT2D eigenvalue weighted by Crippen LogP contribution is 2.24. The van der Waals surface area contributed by atoms with E-state index in [4.69, 9.17) is 4.42 Å². The molecule has 2 aromatic heterocycles. The summed E-state index contributed by atoms with van der Waals surface area (Å²) < 4.78 is 5.07. The van der Waals surface area contributed by atoms with Crippen LogP contribution in [-0.2, 0) is 6.42 Å². The van der Waals surface area contributed by atoms with Gasteiger partial charge in [0.25, 0.3) is 0 Å². The number of nitrogens with one attached hydrogen (secondary N) is 1. The van der Waals surface area contributed by atoms with Crippen LogP contribution in [0.1, 0.15) is 5.69 Å². The third-order valence-electron chi connectivity index (χ3n) is 2.80. The van der Waals surface area contributed by atoms with Gasteiger partial charge in [-0.1, -0.05) is 18.2 Å². The van der Waals surface area contributed by atoms with Crippen molar-refractivity contribution in [3.05, 3.63) is 60.0 Å². The van der Waals surface area contributed by atoms with E-state index in [1.165, 1.54) is 0 Å². The first-order valence-electron chi connectivity index (χ1n) is 6.18. The topological polar surface area (TPSA) is 38.1 Å². The van der Waals surface area contributed by atoms with E-state index in [-0.39, 0.29) is 0 Å². The molecule has 19 heavy (non-hydrogen) atoms. The number of aromatic nitrogens is 1. The van der Waals surface area contributed by atoms with E-state index in [1.807, 2.05) is 24.3 Å². The first kappa shape index (κ1) is 12.0. The van der Waals surface area contributed by atoms with Crippen LogP contribution >= 0.6 is 11.3 Å². The molecule has 0 aliphatic rings. The van der Waals surface area contributed by atoms with E-state index < -0.39 is 0 Å². The molecule has 96 valence electrons. The van der Waals surface area contributed by atoms with Crippen molar-refractivity contribution in [1.29, 1.82) is 0 Å². The highest BCUT2D eigenvalue weighted by molar-refractivity contribution is 7.13. The molecule has 0 fully saturated rings. The van der Waals surface area contributed by atoms with Gasteiger partial charge >= 0.3 is 0 Å². The molecule has 0 atom stereocenters. The molecule has 0 amide bonds. The maximum absolute atomic E-state index is 5.07. The number of hydrogen-bond acceptors (Lipinski definition) is 4. The van der Waals surface area contributed by atoms with E-state index in [9.17, 15) is 0 Å². The van der Waals surface area contributed by atoms with Crippen molar-refractivity contribution < 1.29 is 4.42 Å². The Labute approximate surface area is 115 Å². The summed E-state index contributed by atoms with van der Waals surface area (Å²) in [4.78, 5) is 4.60. The lowest BCUT2D eigenvalue weighted by atomic mass is 10.3. The van der Waals surface area contributed by atoms with Crippen LogP contribution in [0.2, 0.25) is 0 Å². The average molecular weight is 270 g/mol. The van der Waals surface area contributed by atoms with Gasteiger partial charge in [-0.15, -0.1) is 11.3 Å². The Morgan fingerprint density at radius 3 is 2.84 bits per heavy atom. The molecular weight excluding hydrogens is 256 g/mol. The Hall–Kier alpha value is -2.07. The number of para-hydroxylation sites is 1. The van der Waals surface area contributed by atoms with Gasteiger partial charge in [-0.2, -0.15) is 0 Å². The van der Waals surface area contributed by atoms with Gasteiger partial charge in [-0.3, -0.25) is 0 Å². The second kappa shape index (κ2) is 5.71. The molecule has 0 unspecified atom stereocenters. The van der Waals surface area contributed by atoms with E-state index in [0.717, 1.165) is 34.9 Å². The predicted octanol–water partition coefficient (Wildman–Crippen LogP) is 4.06. The maximum Gasteiger partial charge on any atom is 0.126 e. The Morgan fingerprint density at radius 1 is 1.16 bits per heavy atom. The molecule has 0 spiro atoms. The van der Waals surface area contributed by atoms with Crippen LogP contribution in [0.15, 0.2) is 58.7 Å². The second-order valence-electron chi connectivity index (χ2n) is 4.20. The van der Waals surface area contributed by atoms with Gasteiger partial charge in [0.05, 0.1) is 12.0 Å². The van der Waals surface area contributed by atoms with Crippen molar-refractivity contribution in [3.63, 3.8) is 0 Å². The van der Waals surface area contributed by atoms with Crippen LogP contribution in [0.25, 0.3) is 10.6 Å². The molecule has 4 heteroatoms. The van der Waals surface area contributed by atoms with Crippen molar-refractivity contribution in [1.82, 2.24) is 4.98 Å². The van der Waals surface area contributed by atoms with Crippen LogP contribution in [0.4, 0.5) is 5.69 Å². The molecule has 0 bridgehead atoms. The normalized spacial score (nSPS) is 10.5. The first-order valence-corrected chi connectivity index (χ1v) is 7.06. The number of thiazole rings is 1. The van der Waals surface area contributed by atoms with Crippen molar-refractivity contribution >= 4 is 17.0 Å². The summed E-state index contributed by atoms with van der Waals surface area (Å²) in [6.45, 7) is 0.887. The smallest absolute Gasteiger partial charge is 0.126 e. The Balaban J connectivity index is 1.56. The van der Waals surface area contributed by atoms with E-state index >= 15 is 0 Å². The van der Waals surface area contributed by atoms with E-state index in [1.54, 1.807) is 23.9 Å². The van der Waals surface area contributed by atoms with E-state index in [0.29, 0.717) is 0 Å². The zero-order valence-electron chi connectivity index (χ0n) is 10.4. The van der Waals surface area contributed by atoms with Gasteiger partial charge in [0.2, 0.25) is 0 Å². The molecule has 0 saturated heterocycles. The lowest BCUT2D eigenvalue weighted by Crippen LogP contribution is -2.04. The van der Waals surface area contributed by atoms with Crippen molar-refractivity contribution in [2.24, 2.45) is 0 Å². The summed E-state index contributed by atoms with van der Waals surface area (Å²) in [7, 11) is 0. The standard InChI is InChI=1S/C15H14N2OS/c1-2-4-13(5-3-1)16-8-6-14-11-19-15(17-14)12-7-9-18-10-12/h1-5,7,9-11,16H,6,8H2. The molecule has 0 aliphatic heterocycles. The molecule has 1 aromatic carbocycles. The van der Waals surface area contributed by atoms with Crippen LogP contribution in [0, 0.1) is 0 Å². The Kier molecular flexibility index (Phi) is 3.61. The predicted molar refractivity (Wildman–Crippen MR) is 78.5 cm³/mol. The summed E-state index contributed by atoms with van der Waals surface area (Å²) in [6.07, 6.45) is 4.32. The fourth-order valence-corrected chi connectivity index (χ4v) is 2.67. The Morgan fingerprint density at radius 2 is 2.05 bits per heavy atom. The summed E-state index contributed by atoms with van der Waals surface area (Å²) in [5.41, 5.74) is 3.31. The first-order chi connectivity index (χ1) is 9.42. The molecule has 0 aliphatic carbocycles. The molecule has 3 rings (SSSR count). The number of nitrogens with zero attached hydrogens (tertiary/aromatic N) is 1.